The number of aromatic nitrogens is 1. The highest BCUT2D eigenvalue weighted by Gasteiger charge is 2.27. The maximum absolute atomic E-state index is 9.48. The summed E-state index contributed by atoms with van der Waals surface area (Å²) in [6.07, 6.45) is 0. The molecule has 0 aliphatic heterocycles. The molecule has 1 N–H and O–H groups in total. The van der Waals surface area contributed by atoms with E-state index in [0.29, 0.717) is 0 Å². The SMILES string of the molecule is Cc1ncsc1CN(C)C(CO)C(C)(C)C. The van der Waals surface area contributed by atoms with E-state index in [9.17, 15) is 5.11 Å². The first-order valence-corrected chi connectivity index (χ1v) is 6.44. The number of hydrogen-bond donors (Lipinski definition) is 1. The van der Waals surface area contributed by atoms with Gasteiger partial charge in [0, 0.05) is 17.5 Å². The van der Waals surface area contributed by atoms with E-state index >= 15 is 0 Å². The van der Waals surface area contributed by atoms with Crippen LogP contribution in [0.4, 0.5) is 0 Å². The Balaban J connectivity index is 2.71. The number of aryl methyl sites for hydroxylation is 1. The van der Waals surface area contributed by atoms with E-state index in [1.807, 2.05) is 12.4 Å². The number of aliphatic hydroxyl groups excluding tert-OH is 1. The lowest BCUT2D eigenvalue weighted by atomic mass is 9.86. The molecule has 1 heterocycles. The summed E-state index contributed by atoms with van der Waals surface area (Å²) in [4.78, 5) is 7.74. The van der Waals surface area contributed by atoms with Crippen LogP contribution in [0, 0.1) is 12.3 Å². The second kappa shape index (κ2) is 5.25. The van der Waals surface area contributed by atoms with Crippen LogP contribution in [0.3, 0.4) is 0 Å². The molecule has 1 atom stereocenters. The molecule has 0 aliphatic rings. The zero-order valence-electron chi connectivity index (χ0n) is 10.8. The van der Waals surface area contributed by atoms with Crippen molar-refractivity contribution in [2.24, 2.45) is 5.41 Å². The maximum atomic E-state index is 9.48. The fraction of sp³-hybridized carbons (Fsp3) is 0.750. The van der Waals surface area contributed by atoms with Crippen LogP contribution >= 0.6 is 11.3 Å². The summed E-state index contributed by atoms with van der Waals surface area (Å²) in [5, 5.41) is 9.48. The average molecular weight is 242 g/mol. The van der Waals surface area contributed by atoms with Crippen LogP contribution in [0.5, 0.6) is 0 Å². The van der Waals surface area contributed by atoms with Crippen molar-refractivity contribution in [3.8, 4) is 0 Å². The summed E-state index contributed by atoms with van der Waals surface area (Å²) in [5.74, 6) is 0. The van der Waals surface area contributed by atoms with E-state index < -0.39 is 0 Å². The summed E-state index contributed by atoms with van der Waals surface area (Å²) in [6, 6.07) is 0.175. The molecule has 92 valence electrons. The predicted molar refractivity (Wildman–Crippen MR) is 68.6 cm³/mol. The summed E-state index contributed by atoms with van der Waals surface area (Å²) >= 11 is 1.68. The lowest BCUT2D eigenvalue weighted by Crippen LogP contribution is -2.43. The second-order valence-corrected chi connectivity index (χ2v) is 6.28. The van der Waals surface area contributed by atoms with Gasteiger partial charge in [-0.1, -0.05) is 20.8 Å². The van der Waals surface area contributed by atoms with Gasteiger partial charge in [-0.3, -0.25) is 4.90 Å². The number of likely N-dealkylation sites (N-methyl/N-ethyl adjacent to an activating group) is 1. The van der Waals surface area contributed by atoms with Crippen molar-refractivity contribution in [1.29, 1.82) is 0 Å². The smallest absolute Gasteiger partial charge is 0.0798 e. The molecule has 1 aromatic rings. The predicted octanol–water partition coefficient (Wildman–Crippen LogP) is 2.29. The molecule has 1 aromatic heterocycles. The Hall–Kier alpha value is -0.450. The molecule has 1 rings (SSSR count). The van der Waals surface area contributed by atoms with E-state index in [4.69, 9.17) is 0 Å². The maximum Gasteiger partial charge on any atom is 0.0798 e. The average Bonchev–Trinajstić information content (AvgIpc) is 2.50. The van der Waals surface area contributed by atoms with Gasteiger partial charge in [0.25, 0.3) is 0 Å². The minimum atomic E-state index is 0.0854. The Labute approximate surface area is 102 Å². The highest BCUT2D eigenvalue weighted by molar-refractivity contribution is 7.09. The first-order chi connectivity index (χ1) is 7.36. The quantitative estimate of drug-likeness (QED) is 0.880. The van der Waals surface area contributed by atoms with Crippen molar-refractivity contribution in [2.75, 3.05) is 13.7 Å². The highest BCUT2D eigenvalue weighted by atomic mass is 32.1. The third-order valence-corrected chi connectivity index (χ3v) is 3.86. The molecule has 0 aromatic carbocycles. The normalized spacial score (nSPS) is 14.4. The zero-order chi connectivity index (χ0) is 12.3. The molecule has 3 nitrogen and oxygen atoms in total. The lowest BCUT2D eigenvalue weighted by Gasteiger charge is -2.36. The minimum Gasteiger partial charge on any atom is -0.395 e. The standard InChI is InChI=1S/C12H22N2OS/c1-9-10(16-8-13-9)6-14(5)11(7-15)12(2,3)4/h8,11,15H,6-7H2,1-5H3. The molecular weight excluding hydrogens is 220 g/mol. The van der Waals surface area contributed by atoms with E-state index in [0.717, 1.165) is 12.2 Å². The highest BCUT2D eigenvalue weighted by Crippen LogP contribution is 2.25. The molecule has 4 heteroatoms. The molecule has 16 heavy (non-hydrogen) atoms. The van der Waals surface area contributed by atoms with E-state index in [1.165, 1.54) is 4.88 Å². The van der Waals surface area contributed by atoms with Crippen LogP contribution in [0.15, 0.2) is 5.51 Å². The van der Waals surface area contributed by atoms with E-state index in [-0.39, 0.29) is 18.1 Å². The molecule has 0 saturated heterocycles. The molecule has 0 fully saturated rings. The van der Waals surface area contributed by atoms with Gasteiger partial charge in [-0.25, -0.2) is 4.98 Å². The molecule has 0 aliphatic carbocycles. The Kier molecular flexibility index (Phi) is 4.47. The topological polar surface area (TPSA) is 36.4 Å². The van der Waals surface area contributed by atoms with Crippen LogP contribution in [0.25, 0.3) is 0 Å². The lowest BCUT2D eigenvalue weighted by molar-refractivity contribution is 0.0619. The van der Waals surface area contributed by atoms with Crippen molar-refractivity contribution in [3.05, 3.63) is 16.1 Å². The fourth-order valence-electron chi connectivity index (χ4n) is 1.89. The first kappa shape index (κ1) is 13.6. The van der Waals surface area contributed by atoms with Crippen LogP contribution < -0.4 is 0 Å². The van der Waals surface area contributed by atoms with Gasteiger partial charge in [0.2, 0.25) is 0 Å². The molecule has 0 amide bonds. The monoisotopic (exact) mass is 242 g/mol. The molecule has 0 radical (unpaired) electrons. The van der Waals surface area contributed by atoms with Gasteiger partial charge in [-0.05, 0) is 19.4 Å². The number of rotatable bonds is 4. The summed E-state index contributed by atoms with van der Waals surface area (Å²) < 4.78 is 0. The Bertz CT molecular complexity index is 330. The van der Waals surface area contributed by atoms with Crippen molar-refractivity contribution in [1.82, 2.24) is 9.88 Å². The van der Waals surface area contributed by atoms with Gasteiger partial charge < -0.3 is 5.11 Å². The van der Waals surface area contributed by atoms with Gasteiger partial charge in [0.15, 0.2) is 0 Å². The summed E-state index contributed by atoms with van der Waals surface area (Å²) in [6.45, 7) is 9.55. The first-order valence-electron chi connectivity index (χ1n) is 5.56. The zero-order valence-corrected chi connectivity index (χ0v) is 11.6. The van der Waals surface area contributed by atoms with Gasteiger partial charge in [-0.2, -0.15) is 0 Å². The fourth-order valence-corrected chi connectivity index (χ4v) is 2.73. The molecule has 1 unspecified atom stereocenters. The largest absolute Gasteiger partial charge is 0.395 e. The molecule has 0 spiro atoms. The third kappa shape index (κ3) is 3.27. The number of nitrogens with zero attached hydrogens (tertiary/aromatic N) is 2. The third-order valence-electron chi connectivity index (χ3n) is 2.94. The van der Waals surface area contributed by atoms with Crippen molar-refractivity contribution < 1.29 is 5.11 Å². The van der Waals surface area contributed by atoms with Crippen molar-refractivity contribution in [3.63, 3.8) is 0 Å². The Morgan fingerprint density at radius 2 is 2.12 bits per heavy atom. The van der Waals surface area contributed by atoms with E-state index in [2.05, 4.69) is 37.7 Å². The molecule has 0 saturated carbocycles. The Morgan fingerprint density at radius 1 is 1.50 bits per heavy atom. The van der Waals surface area contributed by atoms with Crippen LogP contribution in [-0.2, 0) is 6.54 Å². The number of thiazole rings is 1. The van der Waals surface area contributed by atoms with Gasteiger partial charge >= 0.3 is 0 Å². The van der Waals surface area contributed by atoms with Crippen LogP contribution in [0.1, 0.15) is 31.3 Å². The molecular formula is C12H22N2OS. The van der Waals surface area contributed by atoms with E-state index in [1.54, 1.807) is 11.3 Å². The van der Waals surface area contributed by atoms with Crippen LogP contribution in [0.2, 0.25) is 0 Å². The number of hydrogen-bond acceptors (Lipinski definition) is 4. The number of aliphatic hydroxyl groups is 1. The summed E-state index contributed by atoms with van der Waals surface area (Å²) in [5.41, 5.74) is 3.06. The minimum absolute atomic E-state index is 0.0854. The van der Waals surface area contributed by atoms with Crippen molar-refractivity contribution in [2.45, 2.75) is 40.3 Å². The Morgan fingerprint density at radius 3 is 2.50 bits per heavy atom. The van der Waals surface area contributed by atoms with Crippen LogP contribution in [-0.4, -0.2) is 34.7 Å². The second-order valence-electron chi connectivity index (χ2n) is 5.34. The van der Waals surface area contributed by atoms with Crippen molar-refractivity contribution >= 4 is 11.3 Å². The van der Waals surface area contributed by atoms with Gasteiger partial charge in [0.1, 0.15) is 0 Å². The molecule has 0 bridgehead atoms. The van der Waals surface area contributed by atoms with Gasteiger partial charge in [-0.15, -0.1) is 11.3 Å². The van der Waals surface area contributed by atoms with Gasteiger partial charge in [0.05, 0.1) is 17.8 Å². The summed E-state index contributed by atoms with van der Waals surface area (Å²) in [7, 11) is 2.06.